The molecule has 19 heavy (non-hydrogen) atoms. The minimum Gasteiger partial charge on any atom is -0.384 e. The summed E-state index contributed by atoms with van der Waals surface area (Å²) in [4.78, 5) is 17.6. The molecule has 4 nitrogen and oxygen atoms in total. The molecule has 0 atom stereocenters. The number of aromatic nitrogens is 1. The molecule has 0 aliphatic carbocycles. The number of rotatable bonds is 3. The van der Waals surface area contributed by atoms with Gasteiger partial charge in [0.2, 0.25) is 0 Å². The van der Waals surface area contributed by atoms with Crippen molar-refractivity contribution in [1.82, 2.24) is 10.3 Å². The zero-order chi connectivity index (χ0) is 13.7. The quantitative estimate of drug-likeness (QED) is 0.848. The van der Waals surface area contributed by atoms with Crippen molar-refractivity contribution in [3.63, 3.8) is 0 Å². The fourth-order valence-corrected chi connectivity index (χ4v) is 2.97. The van der Waals surface area contributed by atoms with Gasteiger partial charge in [0.25, 0.3) is 5.91 Å². The van der Waals surface area contributed by atoms with Gasteiger partial charge in [-0.2, -0.15) is 0 Å². The van der Waals surface area contributed by atoms with Gasteiger partial charge in [0.1, 0.15) is 11.5 Å². The lowest BCUT2D eigenvalue weighted by atomic mass is 10.2. The van der Waals surface area contributed by atoms with Crippen molar-refractivity contribution in [3.05, 3.63) is 38.0 Å². The van der Waals surface area contributed by atoms with Crippen LogP contribution in [0.2, 0.25) is 0 Å². The molecular formula is C13H12N2O2S2. The van der Waals surface area contributed by atoms with E-state index in [1.165, 1.54) is 22.7 Å². The summed E-state index contributed by atoms with van der Waals surface area (Å²) in [6.45, 7) is 2.08. The molecule has 2 heterocycles. The normalized spacial score (nSPS) is 9.79. The summed E-state index contributed by atoms with van der Waals surface area (Å²) in [5, 5.41) is 13.5. The first-order chi connectivity index (χ1) is 9.22. The summed E-state index contributed by atoms with van der Waals surface area (Å²) in [6, 6.07) is 1.88. The Morgan fingerprint density at radius 1 is 1.53 bits per heavy atom. The van der Waals surface area contributed by atoms with E-state index >= 15 is 0 Å². The first-order valence-electron chi connectivity index (χ1n) is 5.56. The van der Waals surface area contributed by atoms with Crippen molar-refractivity contribution in [2.45, 2.75) is 13.5 Å². The maximum Gasteiger partial charge on any atom is 0.263 e. The van der Waals surface area contributed by atoms with Gasteiger partial charge in [0.05, 0.1) is 17.7 Å². The zero-order valence-electron chi connectivity index (χ0n) is 10.3. The van der Waals surface area contributed by atoms with Crippen molar-refractivity contribution in [2.24, 2.45) is 0 Å². The molecule has 0 aromatic carbocycles. The Hall–Kier alpha value is -1.68. The molecular weight excluding hydrogens is 280 g/mol. The lowest BCUT2D eigenvalue weighted by Crippen LogP contribution is -2.22. The minimum atomic E-state index is -0.165. The van der Waals surface area contributed by atoms with Gasteiger partial charge < -0.3 is 10.4 Å². The number of carbonyl (C=O) groups excluding carboxylic acids is 1. The van der Waals surface area contributed by atoms with Gasteiger partial charge in [0, 0.05) is 10.4 Å². The monoisotopic (exact) mass is 292 g/mol. The number of hydrogen-bond acceptors (Lipinski definition) is 5. The number of nitrogens with one attached hydrogen (secondary N) is 1. The fourth-order valence-electron chi connectivity index (χ4n) is 1.48. The van der Waals surface area contributed by atoms with E-state index in [1.807, 2.05) is 18.4 Å². The molecule has 0 aliphatic heterocycles. The molecule has 0 saturated heterocycles. The highest BCUT2D eigenvalue weighted by Crippen LogP contribution is 2.16. The van der Waals surface area contributed by atoms with Gasteiger partial charge in [-0.1, -0.05) is 11.8 Å². The second-order valence-corrected chi connectivity index (χ2v) is 5.52. The van der Waals surface area contributed by atoms with Gasteiger partial charge in [-0.25, -0.2) is 4.98 Å². The molecule has 6 heteroatoms. The number of nitrogens with zero attached hydrogens (tertiary/aromatic N) is 1. The predicted octanol–water partition coefficient (Wildman–Crippen LogP) is 1.79. The Morgan fingerprint density at radius 3 is 3.05 bits per heavy atom. The first kappa shape index (κ1) is 13.7. The van der Waals surface area contributed by atoms with Crippen LogP contribution < -0.4 is 5.32 Å². The summed E-state index contributed by atoms with van der Waals surface area (Å²) < 4.78 is 0. The average Bonchev–Trinajstić information content (AvgIpc) is 3.02. The van der Waals surface area contributed by atoms with Gasteiger partial charge in [-0.3, -0.25) is 4.79 Å². The van der Waals surface area contributed by atoms with Gasteiger partial charge in [0.15, 0.2) is 0 Å². The number of carbonyl (C=O) groups is 1. The Labute approximate surface area is 119 Å². The highest BCUT2D eigenvalue weighted by molar-refractivity contribution is 7.12. The minimum absolute atomic E-state index is 0.116. The van der Waals surface area contributed by atoms with Crippen LogP contribution in [0.15, 0.2) is 17.0 Å². The van der Waals surface area contributed by atoms with E-state index in [0.29, 0.717) is 11.4 Å². The largest absolute Gasteiger partial charge is 0.384 e. The van der Waals surface area contributed by atoms with Crippen LogP contribution in [-0.4, -0.2) is 22.6 Å². The molecule has 2 N–H and O–H groups in total. The SMILES string of the molecule is Cc1ncsc1C(=O)NCc1sccc1C#CCO. The molecule has 0 unspecified atom stereocenters. The number of thiophene rings is 1. The maximum atomic E-state index is 11.9. The molecule has 1 amide bonds. The maximum absolute atomic E-state index is 11.9. The van der Waals surface area contributed by atoms with Gasteiger partial charge in [-0.05, 0) is 18.4 Å². The van der Waals surface area contributed by atoms with Gasteiger partial charge >= 0.3 is 0 Å². The van der Waals surface area contributed by atoms with Crippen molar-refractivity contribution in [1.29, 1.82) is 0 Å². The van der Waals surface area contributed by atoms with Crippen LogP contribution in [0, 0.1) is 18.8 Å². The van der Waals surface area contributed by atoms with Crippen LogP contribution in [0.25, 0.3) is 0 Å². The molecule has 2 aromatic heterocycles. The van der Waals surface area contributed by atoms with E-state index in [0.717, 1.165) is 16.1 Å². The third-order valence-corrected chi connectivity index (χ3v) is 4.26. The van der Waals surface area contributed by atoms with Crippen molar-refractivity contribution >= 4 is 28.6 Å². The zero-order valence-corrected chi connectivity index (χ0v) is 11.9. The number of aliphatic hydroxyl groups excluding tert-OH is 1. The van der Waals surface area contributed by atoms with Crippen molar-refractivity contribution in [3.8, 4) is 11.8 Å². The highest BCUT2D eigenvalue weighted by atomic mass is 32.1. The second kappa shape index (κ2) is 6.48. The van der Waals surface area contributed by atoms with Crippen LogP contribution in [0.4, 0.5) is 0 Å². The molecule has 98 valence electrons. The molecule has 0 saturated carbocycles. The summed E-state index contributed by atoms with van der Waals surface area (Å²) in [5.74, 6) is 5.35. The van der Waals surface area contributed by atoms with Crippen molar-refractivity contribution < 1.29 is 9.90 Å². The van der Waals surface area contributed by atoms with Crippen LogP contribution in [-0.2, 0) is 6.54 Å². The van der Waals surface area contributed by atoms with Crippen LogP contribution in [0.3, 0.4) is 0 Å². The van der Waals surface area contributed by atoms with Crippen LogP contribution >= 0.6 is 22.7 Å². The number of aryl methyl sites for hydroxylation is 1. The number of aliphatic hydroxyl groups is 1. The summed E-state index contributed by atoms with van der Waals surface area (Å²) in [6.07, 6.45) is 0. The average molecular weight is 292 g/mol. The van der Waals surface area contributed by atoms with E-state index < -0.39 is 0 Å². The molecule has 2 aromatic rings. The standard InChI is InChI=1S/C13H12N2O2S2/c1-9-12(19-8-15-9)13(17)14-7-11-10(3-2-5-16)4-6-18-11/h4,6,8,16H,5,7H2,1H3,(H,14,17). The van der Waals surface area contributed by atoms with Crippen LogP contribution in [0.1, 0.15) is 25.8 Å². The Balaban J connectivity index is 2.02. The van der Waals surface area contributed by atoms with E-state index in [9.17, 15) is 4.79 Å². The molecule has 0 aliphatic rings. The number of hydrogen-bond donors (Lipinski definition) is 2. The highest BCUT2D eigenvalue weighted by Gasteiger charge is 2.12. The Bertz CT molecular complexity index is 634. The van der Waals surface area contributed by atoms with E-state index in [4.69, 9.17) is 5.11 Å². The lowest BCUT2D eigenvalue weighted by molar-refractivity contribution is 0.0954. The Morgan fingerprint density at radius 2 is 2.37 bits per heavy atom. The molecule has 2 rings (SSSR count). The molecule has 0 bridgehead atoms. The summed E-state index contributed by atoms with van der Waals surface area (Å²) in [5.41, 5.74) is 3.25. The lowest BCUT2D eigenvalue weighted by Gasteiger charge is -2.03. The molecule has 0 spiro atoms. The first-order valence-corrected chi connectivity index (χ1v) is 7.32. The van der Waals surface area contributed by atoms with Crippen LogP contribution in [0.5, 0.6) is 0 Å². The third-order valence-electron chi connectivity index (χ3n) is 2.41. The van der Waals surface area contributed by atoms with E-state index in [2.05, 4.69) is 22.1 Å². The fraction of sp³-hybridized carbons (Fsp3) is 0.231. The van der Waals surface area contributed by atoms with Gasteiger partial charge in [-0.15, -0.1) is 22.7 Å². The smallest absolute Gasteiger partial charge is 0.263 e. The third kappa shape index (κ3) is 3.41. The summed E-state index contributed by atoms with van der Waals surface area (Å²) >= 11 is 2.86. The topological polar surface area (TPSA) is 62.2 Å². The predicted molar refractivity (Wildman–Crippen MR) is 76.3 cm³/mol. The number of thiazole rings is 1. The molecule has 0 radical (unpaired) electrons. The van der Waals surface area contributed by atoms with Crippen molar-refractivity contribution in [2.75, 3.05) is 6.61 Å². The van der Waals surface area contributed by atoms with E-state index in [1.54, 1.807) is 5.51 Å². The van der Waals surface area contributed by atoms with E-state index in [-0.39, 0.29) is 12.5 Å². The molecule has 0 fully saturated rings. The number of amides is 1. The second-order valence-electron chi connectivity index (χ2n) is 3.67. The Kier molecular flexibility index (Phi) is 4.68. The summed E-state index contributed by atoms with van der Waals surface area (Å²) in [7, 11) is 0.